The fraction of sp³-hybridized carbons (Fsp3) is 0.667. The van der Waals surface area contributed by atoms with Crippen LogP contribution in [0.2, 0.25) is 5.28 Å². The van der Waals surface area contributed by atoms with E-state index < -0.39 is 0 Å². The molecule has 2 rings (SSSR count). The Labute approximate surface area is 113 Å². The van der Waals surface area contributed by atoms with Crippen molar-refractivity contribution in [3.05, 3.63) is 11.0 Å². The molecule has 0 unspecified atom stereocenters. The van der Waals surface area contributed by atoms with E-state index in [1.807, 2.05) is 18.9 Å². The van der Waals surface area contributed by atoms with E-state index in [0.29, 0.717) is 5.69 Å². The van der Waals surface area contributed by atoms with Crippen LogP contribution in [-0.2, 0) is 0 Å². The van der Waals surface area contributed by atoms with Crippen LogP contribution in [0.4, 0.5) is 11.5 Å². The lowest BCUT2D eigenvalue weighted by molar-refractivity contribution is 0.346. The van der Waals surface area contributed by atoms with Gasteiger partial charge in [-0.2, -0.15) is 4.98 Å². The predicted octanol–water partition coefficient (Wildman–Crippen LogP) is 1.55. The number of nitrogens with two attached hydrogens (primary N) is 1. The molecule has 1 saturated heterocycles. The van der Waals surface area contributed by atoms with Crippen molar-refractivity contribution < 1.29 is 0 Å². The Bertz CT molecular complexity index is 417. The van der Waals surface area contributed by atoms with Gasteiger partial charge in [0, 0.05) is 20.1 Å². The summed E-state index contributed by atoms with van der Waals surface area (Å²) in [7, 11) is 1.99. The van der Waals surface area contributed by atoms with Crippen LogP contribution in [0.1, 0.15) is 18.5 Å². The van der Waals surface area contributed by atoms with Gasteiger partial charge in [0.2, 0.25) is 5.28 Å². The molecular weight excluding hydrogens is 250 g/mol. The molecular formula is C12H20ClN5. The van der Waals surface area contributed by atoms with Crippen LogP contribution in [-0.4, -0.2) is 48.1 Å². The Hall–Kier alpha value is -1.07. The highest BCUT2D eigenvalue weighted by molar-refractivity contribution is 6.28. The number of anilines is 2. The lowest BCUT2D eigenvalue weighted by atomic mass is 10.3. The number of halogens is 1. The van der Waals surface area contributed by atoms with Gasteiger partial charge in [-0.15, -0.1) is 0 Å². The predicted molar refractivity (Wildman–Crippen MR) is 75.1 cm³/mol. The van der Waals surface area contributed by atoms with Crippen molar-refractivity contribution in [3.63, 3.8) is 0 Å². The molecule has 5 nitrogen and oxygen atoms in total. The number of likely N-dealkylation sites (tertiary alicyclic amines) is 1. The molecule has 0 atom stereocenters. The highest BCUT2D eigenvalue weighted by atomic mass is 35.5. The summed E-state index contributed by atoms with van der Waals surface area (Å²) in [5, 5.41) is 0.254. The largest absolute Gasteiger partial charge is 0.394 e. The minimum atomic E-state index is 0.254. The number of rotatable bonds is 4. The molecule has 0 bridgehead atoms. The number of likely N-dealkylation sites (N-methyl/N-ethyl adjacent to an activating group) is 1. The molecule has 0 saturated carbocycles. The van der Waals surface area contributed by atoms with E-state index in [2.05, 4.69) is 14.9 Å². The third kappa shape index (κ3) is 3.03. The molecule has 1 aromatic rings. The van der Waals surface area contributed by atoms with E-state index in [1.165, 1.54) is 25.9 Å². The van der Waals surface area contributed by atoms with Gasteiger partial charge in [0.1, 0.15) is 0 Å². The normalized spacial score (nSPS) is 16.2. The van der Waals surface area contributed by atoms with Crippen molar-refractivity contribution in [2.75, 3.05) is 43.9 Å². The summed E-state index contributed by atoms with van der Waals surface area (Å²) in [5.74, 6) is 0.728. The van der Waals surface area contributed by atoms with E-state index in [9.17, 15) is 0 Å². The Morgan fingerprint density at radius 1 is 1.33 bits per heavy atom. The van der Waals surface area contributed by atoms with E-state index in [-0.39, 0.29) is 5.28 Å². The lowest BCUT2D eigenvalue weighted by Crippen LogP contribution is -2.32. The second-order valence-corrected chi connectivity index (χ2v) is 5.12. The number of nitrogen functional groups attached to an aromatic ring is 1. The Kier molecular flexibility index (Phi) is 4.24. The van der Waals surface area contributed by atoms with Crippen LogP contribution in [0.15, 0.2) is 0 Å². The summed E-state index contributed by atoms with van der Waals surface area (Å²) in [4.78, 5) is 12.8. The third-order valence-electron chi connectivity index (χ3n) is 3.40. The van der Waals surface area contributed by atoms with Gasteiger partial charge < -0.3 is 15.5 Å². The van der Waals surface area contributed by atoms with Crippen LogP contribution in [0.25, 0.3) is 0 Å². The lowest BCUT2D eigenvalue weighted by Gasteiger charge is -2.23. The molecule has 0 radical (unpaired) electrons. The maximum atomic E-state index is 6.00. The molecule has 0 spiro atoms. The molecule has 1 aliphatic heterocycles. The van der Waals surface area contributed by atoms with Crippen molar-refractivity contribution in [1.29, 1.82) is 0 Å². The fourth-order valence-electron chi connectivity index (χ4n) is 2.23. The second kappa shape index (κ2) is 5.71. The van der Waals surface area contributed by atoms with Crippen molar-refractivity contribution in [2.45, 2.75) is 19.8 Å². The smallest absolute Gasteiger partial charge is 0.224 e. The summed E-state index contributed by atoms with van der Waals surface area (Å²) < 4.78 is 0. The molecule has 2 heterocycles. The van der Waals surface area contributed by atoms with Gasteiger partial charge in [0.15, 0.2) is 5.82 Å². The number of aryl methyl sites for hydroxylation is 1. The Morgan fingerprint density at radius 3 is 2.67 bits per heavy atom. The molecule has 2 N–H and O–H groups in total. The van der Waals surface area contributed by atoms with Gasteiger partial charge in [-0.1, -0.05) is 0 Å². The van der Waals surface area contributed by atoms with Crippen molar-refractivity contribution in [3.8, 4) is 0 Å². The molecule has 6 heteroatoms. The van der Waals surface area contributed by atoms with Crippen molar-refractivity contribution >= 4 is 23.1 Å². The van der Waals surface area contributed by atoms with Crippen LogP contribution in [0.3, 0.4) is 0 Å². The average Bonchev–Trinajstić information content (AvgIpc) is 2.83. The Balaban J connectivity index is 2.01. The van der Waals surface area contributed by atoms with E-state index >= 15 is 0 Å². The van der Waals surface area contributed by atoms with E-state index in [4.69, 9.17) is 17.3 Å². The SMILES string of the molecule is Cc1nc(Cl)nc(N(C)CCN2CCCC2)c1N. The first-order valence-corrected chi connectivity index (χ1v) is 6.69. The minimum absolute atomic E-state index is 0.254. The zero-order valence-corrected chi connectivity index (χ0v) is 11.7. The first kappa shape index (κ1) is 13.4. The fourth-order valence-corrected chi connectivity index (χ4v) is 2.43. The van der Waals surface area contributed by atoms with Gasteiger partial charge in [0.25, 0.3) is 0 Å². The molecule has 100 valence electrons. The van der Waals surface area contributed by atoms with Crippen molar-refractivity contribution in [1.82, 2.24) is 14.9 Å². The monoisotopic (exact) mass is 269 g/mol. The van der Waals surface area contributed by atoms with Gasteiger partial charge in [0.05, 0.1) is 11.4 Å². The van der Waals surface area contributed by atoms with Crippen LogP contribution in [0, 0.1) is 6.92 Å². The zero-order valence-electron chi connectivity index (χ0n) is 11.0. The first-order chi connectivity index (χ1) is 8.58. The van der Waals surface area contributed by atoms with Crippen LogP contribution in [0.5, 0.6) is 0 Å². The summed E-state index contributed by atoms with van der Waals surface area (Å²) in [6, 6.07) is 0. The minimum Gasteiger partial charge on any atom is -0.394 e. The molecule has 1 fully saturated rings. The average molecular weight is 270 g/mol. The maximum absolute atomic E-state index is 6.00. The summed E-state index contributed by atoms with van der Waals surface area (Å²) >= 11 is 5.88. The van der Waals surface area contributed by atoms with Gasteiger partial charge in [-0.25, -0.2) is 4.98 Å². The summed E-state index contributed by atoms with van der Waals surface area (Å²) in [6.07, 6.45) is 2.62. The molecule has 18 heavy (non-hydrogen) atoms. The van der Waals surface area contributed by atoms with Gasteiger partial charge in [-0.05, 0) is 44.5 Å². The molecule has 0 aromatic carbocycles. The number of hydrogen-bond acceptors (Lipinski definition) is 5. The van der Waals surface area contributed by atoms with Crippen LogP contribution < -0.4 is 10.6 Å². The first-order valence-electron chi connectivity index (χ1n) is 6.31. The maximum Gasteiger partial charge on any atom is 0.224 e. The van der Waals surface area contributed by atoms with E-state index in [0.717, 1.165) is 24.6 Å². The van der Waals surface area contributed by atoms with Gasteiger partial charge >= 0.3 is 0 Å². The molecule has 0 amide bonds. The second-order valence-electron chi connectivity index (χ2n) is 4.79. The summed E-state index contributed by atoms with van der Waals surface area (Å²) in [5.41, 5.74) is 7.35. The summed E-state index contributed by atoms with van der Waals surface area (Å²) in [6.45, 7) is 6.19. The molecule has 1 aromatic heterocycles. The quantitative estimate of drug-likeness (QED) is 0.841. The van der Waals surface area contributed by atoms with Crippen LogP contribution >= 0.6 is 11.6 Å². The zero-order chi connectivity index (χ0) is 13.1. The van der Waals surface area contributed by atoms with E-state index in [1.54, 1.807) is 0 Å². The highest BCUT2D eigenvalue weighted by Gasteiger charge is 2.15. The number of aromatic nitrogens is 2. The van der Waals surface area contributed by atoms with Crippen molar-refractivity contribution in [2.24, 2.45) is 0 Å². The van der Waals surface area contributed by atoms with Gasteiger partial charge in [-0.3, -0.25) is 0 Å². The Morgan fingerprint density at radius 2 is 2.00 bits per heavy atom. The third-order valence-corrected chi connectivity index (χ3v) is 3.57. The molecule has 0 aliphatic carbocycles. The number of hydrogen-bond donors (Lipinski definition) is 1. The topological polar surface area (TPSA) is 58.3 Å². The number of nitrogens with zero attached hydrogens (tertiary/aromatic N) is 4. The molecule has 1 aliphatic rings. The highest BCUT2D eigenvalue weighted by Crippen LogP contribution is 2.23. The standard InChI is InChI=1S/C12H20ClN5/c1-9-10(14)11(16-12(13)15-9)17(2)7-8-18-5-3-4-6-18/h3-8,14H2,1-2H3.